The van der Waals surface area contributed by atoms with Gasteiger partial charge < -0.3 is 20.9 Å². The van der Waals surface area contributed by atoms with Gasteiger partial charge in [0.25, 0.3) is 0 Å². The van der Waals surface area contributed by atoms with Gasteiger partial charge in [-0.15, -0.1) is 0 Å². The summed E-state index contributed by atoms with van der Waals surface area (Å²) in [6.45, 7) is 2.01. The molecule has 0 bridgehead atoms. The second-order valence-electron chi connectivity index (χ2n) is 6.98. The highest BCUT2D eigenvalue weighted by Gasteiger charge is 2.31. The molecule has 0 aliphatic carbocycles. The Labute approximate surface area is 146 Å². The molecule has 4 N–H and O–H groups in total. The molecule has 4 rings (SSSR count). The lowest BCUT2D eigenvalue weighted by atomic mass is 9.84. The first kappa shape index (κ1) is 16.5. The van der Waals surface area contributed by atoms with Gasteiger partial charge >= 0.3 is 0 Å². The fraction of sp³-hybridized carbons (Fsp3) is 0.400. The molecule has 0 saturated carbocycles. The van der Waals surface area contributed by atoms with Crippen LogP contribution in [0.4, 0.5) is 4.39 Å². The molecule has 2 aliphatic heterocycles. The third-order valence-electron chi connectivity index (χ3n) is 5.30. The van der Waals surface area contributed by atoms with Crippen LogP contribution in [0.15, 0.2) is 36.4 Å². The van der Waals surface area contributed by atoms with Crippen molar-refractivity contribution < 1.29 is 14.2 Å². The highest BCUT2D eigenvalue weighted by Crippen LogP contribution is 2.37. The largest absolute Gasteiger partial charge is 0.485 e. The molecule has 2 aliphatic rings. The van der Waals surface area contributed by atoms with Crippen LogP contribution in [0.1, 0.15) is 24.0 Å². The summed E-state index contributed by atoms with van der Waals surface area (Å²) in [6, 6.07) is 11.3. The van der Waals surface area contributed by atoms with Crippen molar-refractivity contribution in [1.29, 1.82) is 0 Å². The van der Waals surface area contributed by atoms with Gasteiger partial charge in [-0.05, 0) is 54.8 Å². The van der Waals surface area contributed by atoms with Gasteiger partial charge in [0.1, 0.15) is 6.10 Å². The van der Waals surface area contributed by atoms with Crippen LogP contribution in [0.25, 0.3) is 11.1 Å². The Hall–Kier alpha value is -1.95. The Morgan fingerprint density at radius 1 is 1.16 bits per heavy atom. The fourth-order valence-electron chi connectivity index (χ4n) is 3.79. The van der Waals surface area contributed by atoms with Crippen LogP contribution in [-0.2, 0) is 12.0 Å². The molecule has 0 amide bonds. The molecule has 2 aromatic carbocycles. The van der Waals surface area contributed by atoms with E-state index in [4.69, 9.17) is 10.5 Å². The van der Waals surface area contributed by atoms with E-state index in [2.05, 4.69) is 5.32 Å². The van der Waals surface area contributed by atoms with Crippen LogP contribution in [-0.4, -0.2) is 30.8 Å². The van der Waals surface area contributed by atoms with Crippen molar-refractivity contribution in [3.63, 3.8) is 0 Å². The Balaban J connectivity index is 1.62. The molecule has 5 heteroatoms. The zero-order valence-corrected chi connectivity index (χ0v) is 14.1. The van der Waals surface area contributed by atoms with Crippen LogP contribution >= 0.6 is 0 Å². The van der Waals surface area contributed by atoms with E-state index in [9.17, 15) is 9.50 Å². The quantitative estimate of drug-likeness (QED) is 0.801. The Kier molecular flexibility index (Phi) is 4.23. The van der Waals surface area contributed by atoms with Gasteiger partial charge in [-0.3, -0.25) is 0 Å². The number of nitrogens with one attached hydrogen (secondary N) is 1. The molecular weight excluding hydrogens is 319 g/mol. The van der Waals surface area contributed by atoms with Crippen molar-refractivity contribution in [2.45, 2.75) is 31.0 Å². The molecule has 25 heavy (non-hydrogen) atoms. The third-order valence-corrected chi connectivity index (χ3v) is 5.30. The lowest BCUT2D eigenvalue weighted by Gasteiger charge is -2.33. The third kappa shape index (κ3) is 3.03. The maximum absolute atomic E-state index is 14.4. The summed E-state index contributed by atoms with van der Waals surface area (Å²) in [4.78, 5) is 0. The van der Waals surface area contributed by atoms with Gasteiger partial charge in [-0.2, -0.15) is 0 Å². The lowest BCUT2D eigenvalue weighted by Crippen LogP contribution is -2.39. The molecule has 1 fully saturated rings. The number of benzene rings is 2. The standard InChI is InChI=1S/C20H23FN2O2/c21-18-11-14(9-15-10-17(12-22)25-19(15)18)13-1-3-16(4-2-13)20(24)5-7-23-8-6-20/h1-4,9,11,17,23-24H,5-8,10,12,22H2. The maximum Gasteiger partial charge on any atom is 0.165 e. The second kappa shape index (κ2) is 6.41. The van der Waals surface area contributed by atoms with Crippen molar-refractivity contribution in [3.8, 4) is 16.9 Å². The fourth-order valence-corrected chi connectivity index (χ4v) is 3.79. The number of halogens is 1. The van der Waals surface area contributed by atoms with Gasteiger partial charge in [0.05, 0.1) is 5.60 Å². The Morgan fingerprint density at radius 2 is 1.88 bits per heavy atom. The Bertz CT molecular complexity index is 770. The van der Waals surface area contributed by atoms with E-state index in [1.165, 1.54) is 6.07 Å². The lowest BCUT2D eigenvalue weighted by molar-refractivity contribution is 0.00595. The minimum absolute atomic E-state index is 0.142. The molecule has 1 unspecified atom stereocenters. The molecule has 0 spiro atoms. The molecule has 132 valence electrons. The summed E-state index contributed by atoms with van der Waals surface area (Å²) in [5.74, 6) is -0.00986. The second-order valence-corrected chi connectivity index (χ2v) is 6.98. The van der Waals surface area contributed by atoms with Crippen molar-refractivity contribution in [2.75, 3.05) is 19.6 Å². The number of hydrogen-bond acceptors (Lipinski definition) is 4. The van der Waals surface area contributed by atoms with E-state index in [1.807, 2.05) is 30.3 Å². The zero-order valence-electron chi connectivity index (χ0n) is 14.1. The average Bonchev–Trinajstić information content (AvgIpc) is 3.06. The molecule has 1 atom stereocenters. The summed E-state index contributed by atoms with van der Waals surface area (Å²) in [5, 5.41) is 14.1. The predicted molar refractivity (Wildman–Crippen MR) is 95.0 cm³/mol. The minimum atomic E-state index is -0.769. The van der Waals surface area contributed by atoms with E-state index < -0.39 is 5.60 Å². The number of aliphatic hydroxyl groups is 1. The number of ether oxygens (including phenoxy) is 1. The number of piperidine rings is 1. The molecule has 2 heterocycles. The SMILES string of the molecule is NCC1Cc2cc(-c3ccc(C4(O)CCNCC4)cc3)cc(F)c2O1. The number of fused-ring (bicyclic) bond motifs is 1. The van der Waals surface area contributed by atoms with E-state index in [0.29, 0.717) is 31.6 Å². The maximum atomic E-state index is 14.4. The number of hydrogen-bond donors (Lipinski definition) is 3. The van der Waals surface area contributed by atoms with Gasteiger partial charge in [-0.1, -0.05) is 24.3 Å². The van der Waals surface area contributed by atoms with Gasteiger partial charge in [0, 0.05) is 18.5 Å². The van der Waals surface area contributed by atoms with Crippen molar-refractivity contribution in [1.82, 2.24) is 5.32 Å². The Morgan fingerprint density at radius 3 is 2.56 bits per heavy atom. The van der Waals surface area contributed by atoms with Gasteiger partial charge in [0.15, 0.2) is 11.6 Å². The van der Waals surface area contributed by atoms with E-state index in [-0.39, 0.29) is 11.9 Å². The van der Waals surface area contributed by atoms with Crippen molar-refractivity contribution >= 4 is 0 Å². The van der Waals surface area contributed by atoms with E-state index >= 15 is 0 Å². The van der Waals surface area contributed by atoms with Crippen LogP contribution in [0.2, 0.25) is 0 Å². The van der Waals surface area contributed by atoms with E-state index in [0.717, 1.165) is 35.3 Å². The molecule has 1 saturated heterocycles. The van der Waals surface area contributed by atoms with Gasteiger partial charge in [0.2, 0.25) is 0 Å². The van der Waals surface area contributed by atoms with E-state index in [1.54, 1.807) is 0 Å². The highest BCUT2D eigenvalue weighted by atomic mass is 19.1. The normalized spacial score (nSPS) is 21.6. The van der Waals surface area contributed by atoms with Crippen molar-refractivity contribution in [2.24, 2.45) is 5.73 Å². The molecule has 4 nitrogen and oxygen atoms in total. The first-order valence-corrected chi connectivity index (χ1v) is 8.82. The first-order chi connectivity index (χ1) is 12.1. The predicted octanol–water partition coefficient (Wildman–Crippen LogP) is 2.33. The molecular formula is C20H23FN2O2. The number of rotatable bonds is 3. The summed E-state index contributed by atoms with van der Waals surface area (Å²) in [6.07, 6.45) is 1.91. The highest BCUT2D eigenvalue weighted by molar-refractivity contribution is 5.67. The number of nitrogens with two attached hydrogens (primary N) is 1. The summed E-state index contributed by atoms with van der Waals surface area (Å²) >= 11 is 0. The van der Waals surface area contributed by atoms with Crippen LogP contribution < -0.4 is 15.8 Å². The van der Waals surface area contributed by atoms with Crippen molar-refractivity contribution in [3.05, 3.63) is 53.3 Å². The monoisotopic (exact) mass is 342 g/mol. The minimum Gasteiger partial charge on any atom is -0.485 e. The molecule has 2 aromatic rings. The zero-order chi connectivity index (χ0) is 17.4. The summed E-state index contributed by atoms with van der Waals surface area (Å²) < 4.78 is 19.9. The summed E-state index contributed by atoms with van der Waals surface area (Å²) in [5.41, 5.74) is 8.41. The van der Waals surface area contributed by atoms with Gasteiger partial charge in [-0.25, -0.2) is 4.39 Å². The summed E-state index contributed by atoms with van der Waals surface area (Å²) in [7, 11) is 0. The average molecular weight is 342 g/mol. The molecule has 0 aromatic heterocycles. The topological polar surface area (TPSA) is 67.5 Å². The van der Waals surface area contributed by atoms with Crippen LogP contribution in [0, 0.1) is 5.82 Å². The van der Waals surface area contributed by atoms with Crippen LogP contribution in [0.3, 0.4) is 0 Å². The smallest absolute Gasteiger partial charge is 0.165 e. The van der Waals surface area contributed by atoms with Crippen LogP contribution in [0.5, 0.6) is 5.75 Å². The molecule has 0 radical (unpaired) electrons. The first-order valence-electron chi connectivity index (χ1n) is 8.82.